The molecule has 2 aliphatic carbocycles. The van der Waals surface area contributed by atoms with E-state index in [2.05, 4.69) is 31.3 Å². The van der Waals surface area contributed by atoms with E-state index in [-0.39, 0.29) is 42.7 Å². The van der Waals surface area contributed by atoms with Gasteiger partial charge in [0, 0.05) is 25.4 Å². The van der Waals surface area contributed by atoms with E-state index in [1.165, 1.54) is 0 Å². The SMILES string of the molecule is CN(C(=O)C(CCC(=O)O)NC(=O)OCC1c2ccccc2-c2ccccc21)C1CCC1(C)C. The molecule has 1 saturated carbocycles. The molecule has 0 heterocycles. The van der Waals surface area contributed by atoms with Gasteiger partial charge < -0.3 is 20.1 Å². The van der Waals surface area contributed by atoms with Crippen molar-refractivity contribution in [3.05, 3.63) is 59.7 Å². The lowest BCUT2D eigenvalue weighted by Gasteiger charge is -2.49. The Balaban J connectivity index is 1.43. The summed E-state index contributed by atoms with van der Waals surface area (Å²) in [5.74, 6) is -1.39. The molecule has 2 N–H and O–H groups in total. The maximum absolute atomic E-state index is 13.2. The third kappa shape index (κ3) is 4.65. The topological polar surface area (TPSA) is 95.9 Å². The fourth-order valence-corrected chi connectivity index (χ4v) is 5.28. The minimum absolute atomic E-state index is 0.00548. The lowest BCUT2D eigenvalue weighted by Crippen LogP contribution is -2.57. The number of rotatable bonds is 8. The second-order valence-corrected chi connectivity index (χ2v) is 9.95. The van der Waals surface area contributed by atoms with Gasteiger partial charge in [0.2, 0.25) is 5.91 Å². The number of alkyl carbamates (subject to hydrolysis) is 1. The summed E-state index contributed by atoms with van der Waals surface area (Å²) in [6.07, 6.45) is 0.991. The standard InChI is InChI=1S/C27H32N2O5/c1-27(2)15-14-23(27)29(3)25(32)22(12-13-24(30)31)28-26(33)34-16-21-19-10-6-4-8-17(19)18-9-5-7-11-20(18)21/h4-11,21-23H,12-16H2,1-3H3,(H,28,33)(H,30,31). The number of carboxylic acids is 1. The Morgan fingerprint density at radius 2 is 1.68 bits per heavy atom. The average Bonchev–Trinajstić information content (AvgIpc) is 3.13. The van der Waals surface area contributed by atoms with E-state index in [1.807, 2.05) is 36.4 Å². The van der Waals surface area contributed by atoms with Crippen molar-refractivity contribution in [1.29, 1.82) is 0 Å². The third-order valence-electron chi connectivity index (χ3n) is 7.36. The number of nitrogens with one attached hydrogen (secondary N) is 1. The highest BCUT2D eigenvalue weighted by Gasteiger charge is 2.44. The number of amides is 2. The van der Waals surface area contributed by atoms with Crippen molar-refractivity contribution < 1.29 is 24.2 Å². The summed E-state index contributed by atoms with van der Waals surface area (Å²) in [6, 6.07) is 15.2. The number of carbonyl (C=O) groups is 3. The van der Waals surface area contributed by atoms with Crippen molar-refractivity contribution in [3.63, 3.8) is 0 Å². The van der Waals surface area contributed by atoms with Crippen LogP contribution in [-0.2, 0) is 14.3 Å². The molecule has 34 heavy (non-hydrogen) atoms. The van der Waals surface area contributed by atoms with Gasteiger partial charge in [0.1, 0.15) is 12.6 Å². The number of hydrogen-bond acceptors (Lipinski definition) is 4. The molecule has 0 saturated heterocycles. The van der Waals surface area contributed by atoms with Crippen LogP contribution in [-0.4, -0.2) is 53.7 Å². The van der Waals surface area contributed by atoms with Gasteiger partial charge >= 0.3 is 12.1 Å². The molecule has 7 heteroatoms. The predicted molar refractivity (Wildman–Crippen MR) is 128 cm³/mol. The lowest BCUT2D eigenvalue weighted by molar-refractivity contribution is -0.141. The van der Waals surface area contributed by atoms with Gasteiger partial charge in [-0.2, -0.15) is 0 Å². The van der Waals surface area contributed by atoms with Crippen LogP contribution >= 0.6 is 0 Å². The molecule has 1 fully saturated rings. The van der Waals surface area contributed by atoms with Crippen molar-refractivity contribution in [2.45, 2.75) is 57.5 Å². The van der Waals surface area contributed by atoms with Gasteiger partial charge in [-0.05, 0) is 46.9 Å². The summed E-state index contributed by atoms with van der Waals surface area (Å²) in [4.78, 5) is 38.7. The number of aliphatic carboxylic acids is 1. The Kier molecular flexibility index (Phi) is 6.64. The van der Waals surface area contributed by atoms with E-state index in [0.29, 0.717) is 0 Å². The molecule has 4 rings (SSSR count). The van der Waals surface area contributed by atoms with Crippen LogP contribution in [0.15, 0.2) is 48.5 Å². The largest absolute Gasteiger partial charge is 0.481 e. The van der Waals surface area contributed by atoms with Crippen molar-refractivity contribution >= 4 is 18.0 Å². The van der Waals surface area contributed by atoms with E-state index in [1.54, 1.807) is 11.9 Å². The van der Waals surface area contributed by atoms with Crippen LogP contribution in [0.25, 0.3) is 11.1 Å². The fourth-order valence-electron chi connectivity index (χ4n) is 5.28. The first-order valence-corrected chi connectivity index (χ1v) is 11.8. The first-order chi connectivity index (χ1) is 16.2. The van der Waals surface area contributed by atoms with Crippen molar-refractivity contribution in [2.75, 3.05) is 13.7 Å². The van der Waals surface area contributed by atoms with Crippen LogP contribution in [0.2, 0.25) is 0 Å². The van der Waals surface area contributed by atoms with Crippen LogP contribution in [0.3, 0.4) is 0 Å². The molecular weight excluding hydrogens is 432 g/mol. The highest BCUT2D eigenvalue weighted by molar-refractivity contribution is 5.86. The quantitative estimate of drug-likeness (QED) is 0.604. The smallest absolute Gasteiger partial charge is 0.407 e. The maximum atomic E-state index is 13.2. The molecule has 2 amide bonds. The van der Waals surface area contributed by atoms with E-state index in [0.717, 1.165) is 35.1 Å². The fraction of sp³-hybridized carbons (Fsp3) is 0.444. The predicted octanol–water partition coefficient (Wildman–Crippen LogP) is 4.41. The van der Waals surface area contributed by atoms with E-state index in [9.17, 15) is 14.4 Å². The number of ether oxygens (including phenoxy) is 1. The Bertz CT molecular complexity index is 1050. The molecular formula is C27H32N2O5. The number of fused-ring (bicyclic) bond motifs is 3. The molecule has 0 aliphatic heterocycles. The zero-order chi connectivity index (χ0) is 24.5. The second-order valence-electron chi connectivity index (χ2n) is 9.95. The van der Waals surface area contributed by atoms with Gasteiger partial charge in [-0.3, -0.25) is 9.59 Å². The van der Waals surface area contributed by atoms with Gasteiger partial charge in [-0.25, -0.2) is 4.79 Å². The Labute approximate surface area is 200 Å². The van der Waals surface area contributed by atoms with Crippen molar-refractivity contribution in [2.24, 2.45) is 5.41 Å². The molecule has 2 aromatic rings. The first-order valence-electron chi connectivity index (χ1n) is 11.8. The molecule has 0 spiro atoms. The van der Waals surface area contributed by atoms with Gasteiger partial charge in [0.05, 0.1) is 0 Å². The first kappa shape index (κ1) is 23.8. The summed E-state index contributed by atoms with van der Waals surface area (Å²) in [5.41, 5.74) is 4.47. The van der Waals surface area contributed by atoms with E-state index >= 15 is 0 Å². The summed E-state index contributed by atoms with van der Waals surface area (Å²) in [7, 11) is 1.72. The Morgan fingerprint density at radius 3 is 2.18 bits per heavy atom. The van der Waals surface area contributed by atoms with E-state index in [4.69, 9.17) is 9.84 Å². The van der Waals surface area contributed by atoms with E-state index < -0.39 is 18.1 Å². The summed E-state index contributed by atoms with van der Waals surface area (Å²) in [5, 5.41) is 11.8. The number of nitrogens with zero attached hydrogens (tertiary/aromatic N) is 1. The van der Waals surface area contributed by atoms with Crippen LogP contribution in [0.4, 0.5) is 4.79 Å². The normalized spacial score (nSPS) is 18.7. The molecule has 0 aromatic heterocycles. The summed E-state index contributed by atoms with van der Waals surface area (Å²) in [6.45, 7) is 4.34. The highest BCUT2D eigenvalue weighted by Crippen LogP contribution is 2.45. The van der Waals surface area contributed by atoms with Gasteiger partial charge in [0.15, 0.2) is 0 Å². The molecule has 2 atom stereocenters. The number of benzene rings is 2. The summed E-state index contributed by atoms with van der Waals surface area (Å²) >= 11 is 0. The second kappa shape index (κ2) is 9.49. The number of carboxylic acid groups (broad SMARTS) is 1. The van der Waals surface area contributed by atoms with Gasteiger partial charge in [-0.1, -0.05) is 62.4 Å². The zero-order valence-electron chi connectivity index (χ0n) is 19.9. The molecule has 7 nitrogen and oxygen atoms in total. The Morgan fingerprint density at radius 1 is 1.09 bits per heavy atom. The Hall–Kier alpha value is -3.35. The summed E-state index contributed by atoms with van der Waals surface area (Å²) < 4.78 is 5.58. The van der Waals surface area contributed by atoms with Gasteiger partial charge in [-0.15, -0.1) is 0 Å². The lowest BCUT2D eigenvalue weighted by atomic mass is 9.66. The van der Waals surface area contributed by atoms with Crippen LogP contribution in [0.1, 0.15) is 56.6 Å². The van der Waals surface area contributed by atoms with Crippen LogP contribution in [0.5, 0.6) is 0 Å². The average molecular weight is 465 g/mol. The number of hydrogen-bond donors (Lipinski definition) is 2. The maximum Gasteiger partial charge on any atom is 0.407 e. The molecule has 180 valence electrons. The molecule has 2 unspecified atom stereocenters. The van der Waals surface area contributed by atoms with Crippen molar-refractivity contribution in [3.8, 4) is 11.1 Å². The molecule has 2 aliphatic rings. The monoisotopic (exact) mass is 464 g/mol. The van der Waals surface area contributed by atoms with Gasteiger partial charge in [0.25, 0.3) is 0 Å². The minimum atomic E-state index is -1.02. The highest BCUT2D eigenvalue weighted by atomic mass is 16.5. The van der Waals surface area contributed by atoms with Crippen LogP contribution < -0.4 is 5.32 Å². The molecule has 2 aromatic carbocycles. The van der Waals surface area contributed by atoms with Crippen molar-refractivity contribution in [1.82, 2.24) is 10.2 Å². The molecule has 0 radical (unpaired) electrons. The third-order valence-corrected chi connectivity index (χ3v) is 7.36. The number of carbonyl (C=O) groups excluding carboxylic acids is 2. The number of likely N-dealkylation sites (N-methyl/N-ethyl adjacent to an activating group) is 1. The minimum Gasteiger partial charge on any atom is -0.481 e. The molecule has 0 bridgehead atoms. The zero-order valence-corrected chi connectivity index (χ0v) is 19.9. The van der Waals surface area contributed by atoms with Crippen LogP contribution in [0, 0.1) is 5.41 Å².